The van der Waals surface area contributed by atoms with Crippen LogP contribution in [0.15, 0.2) is 91.0 Å². The fourth-order valence-electron chi connectivity index (χ4n) is 3.27. The predicted molar refractivity (Wildman–Crippen MR) is 123 cm³/mol. The molecule has 0 saturated carbocycles. The largest absolute Gasteiger partial charge is 0.493 e. The summed E-state index contributed by atoms with van der Waals surface area (Å²) < 4.78 is 16.3. The van der Waals surface area contributed by atoms with Crippen molar-refractivity contribution in [3.05, 3.63) is 102 Å². The lowest BCUT2D eigenvalue weighted by Crippen LogP contribution is -2.18. The zero-order chi connectivity index (χ0) is 21.5. The van der Waals surface area contributed by atoms with E-state index >= 15 is 0 Å². The lowest BCUT2D eigenvalue weighted by molar-refractivity contribution is -0.136. The minimum absolute atomic E-state index is 0.185. The van der Waals surface area contributed by atoms with Gasteiger partial charge in [0.2, 0.25) is 0 Å². The van der Waals surface area contributed by atoms with Crippen LogP contribution in [-0.4, -0.2) is 19.7 Å². The van der Waals surface area contributed by atoms with E-state index in [0.29, 0.717) is 17.2 Å². The lowest BCUT2D eigenvalue weighted by atomic mass is 10.0. The number of ether oxygens (including phenoxy) is 3. The summed E-state index contributed by atoms with van der Waals surface area (Å²) in [6.45, 7) is -0.185. The molecule has 4 heteroatoms. The van der Waals surface area contributed by atoms with E-state index in [2.05, 4.69) is 30.3 Å². The molecule has 4 aromatic carbocycles. The van der Waals surface area contributed by atoms with Crippen molar-refractivity contribution in [2.24, 2.45) is 0 Å². The molecule has 0 bridgehead atoms. The number of para-hydroxylation sites is 1. The second-order valence-corrected chi connectivity index (χ2v) is 6.89. The maximum atomic E-state index is 12.2. The van der Waals surface area contributed by atoms with Crippen molar-refractivity contribution in [3.8, 4) is 17.2 Å². The number of benzene rings is 4. The maximum absolute atomic E-state index is 12.2. The molecule has 0 aliphatic rings. The summed E-state index contributed by atoms with van der Waals surface area (Å²) in [7, 11) is 1.55. The monoisotopic (exact) mass is 410 g/mol. The normalized spacial score (nSPS) is 10.9. The molecular formula is C27H22O4. The molecule has 0 radical (unpaired) electrons. The van der Waals surface area contributed by atoms with E-state index in [1.54, 1.807) is 25.3 Å². The fraction of sp³-hybridized carbons (Fsp3) is 0.0741. The molecule has 0 aromatic heterocycles. The Morgan fingerprint density at radius 1 is 0.806 bits per heavy atom. The van der Waals surface area contributed by atoms with E-state index in [9.17, 15) is 4.79 Å². The predicted octanol–water partition coefficient (Wildman–Crippen LogP) is 6.00. The first-order valence-electron chi connectivity index (χ1n) is 9.95. The Balaban J connectivity index is 1.46. The van der Waals surface area contributed by atoms with Crippen LogP contribution in [0, 0.1) is 0 Å². The number of rotatable bonds is 7. The standard InChI is InChI=1S/C27H22O4/c1-29-26-18-20(14-16-22-10-7-9-21-8-5-6-13-24(21)22)15-17-25(26)31-27(28)19-30-23-11-3-2-4-12-23/h2-18H,19H2,1H3. The Morgan fingerprint density at radius 2 is 1.58 bits per heavy atom. The molecule has 0 heterocycles. The number of hydrogen-bond donors (Lipinski definition) is 0. The molecule has 0 aliphatic carbocycles. The highest BCUT2D eigenvalue weighted by Crippen LogP contribution is 2.29. The van der Waals surface area contributed by atoms with E-state index < -0.39 is 5.97 Å². The molecule has 0 amide bonds. The Morgan fingerprint density at radius 3 is 2.42 bits per heavy atom. The third kappa shape index (κ3) is 5.11. The molecule has 0 atom stereocenters. The molecule has 31 heavy (non-hydrogen) atoms. The first-order chi connectivity index (χ1) is 15.2. The van der Waals surface area contributed by atoms with E-state index in [4.69, 9.17) is 14.2 Å². The van der Waals surface area contributed by atoms with Gasteiger partial charge in [-0.2, -0.15) is 0 Å². The van der Waals surface area contributed by atoms with E-state index in [1.807, 2.05) is 54.6 Å². The van der Waals surface area contributed by atoms with Crippen LogP contribution >= 0.6 is 0 Å². The molecule has 0 fully saturated rings. The van der Waals surface area contributed by atoms with Crippen LogP contribution in [0.4, 0.5) is 0 Å². The molecule has 0 aliphatic heterocycles. The van der Waals surface area contributed by atoms with Crippen molar-refractivity contribution in [1.82, 2.24) is 0 Å². The molecular weight excluding hydrogens is 388 g/mol. The molecule has 4 aromatic rings. The molecule has 154 valence electrons. The average molecular weight is 410 g/mol. The lowest BCUT2D eigenvalue weighted by Gasteiger charge is -2.11. The van der Waals surface area contributed by atoms with Crippen LogP contribution in [0.2, 0.25) is 0 Å². The number of fused-ring (bicyclic) bond motifs is 1. The average Bonchev–Trinajstić information content (AvgIpc) is 2.82. The van der Waals surface area contributed by atoms with Gasteiger partial charge >= 0.3 is 5.97 Å². The third-order valence-corrected chi connectivity index (χ3v) is 4.79. The Hall–Kier alpha value is -4.05. The zero-order valence-corrected chi connectivity index (χ0v) is 17.2. The van der Waals surface area contributed by atoms with Crippen LogP contribution < -0.4 is 14.2 Å². The molecule has 0 N–H and O–H groups in total. The van der Waals surface area contributed by atoms with Gasteiger partial charge in [-0.1, -0.05) is 78.9 Å². The van der Waals surface area contributed by atoms with Gasteiger partial charge in [0.25, 0.3) is 0 Å². The van der Waals surface area contributed by atoms with Crippen molar-refractivity contribution in [2.75, 3.05) is 13.7 Å². The SMILES string of the molecule is COc1cc(C=Cc2cccc3ccccc23)ccc1OC(=O)COc1ccccc1. The van der Waals surface area contributed by atoms with Crippen LogP contribution in [0.5, 0.6) is 17.2 Å². The van der Waals surface area contributed by atoms with Gasteiger partial charge in [-0.3, -0.25) is 0 Å². The number of carbonyl (C=O) groups excluding carboxylic acids is 1. The van der Waals surface area contributed by atoms with Gasteiger partial charge < -0.3 is 14.2 Å². The van der Waals surface area contributed by atoms with E-state index in [0.717, 1.165) is 11.1 Å². The summed E-state index contributed by atoms with van der Waals surface area (Å²) in [5.74, 6) is 0.945. The van der Waals surface area contributed by atoms with Crippen LogP contribution in [0.3, 0.4) is 0 Å². The second kappa shape index (κ2) is 9.63. The smallest absolute Gasteiger partial charge is 0.349 e. The van der Waals surface area contributed by atoms with Gasteiger partial charge in [-0.25, -0.2) is 4.79 Å². The van der Waals surface area contributed by atoms with Crippen molar-refractivity contribution >= 4 is 28.9 Å². The van der Waals surface area contributed by atoms with Gasteiger partial charge in [0, 0.05) is 0 Å². The fourth-order valence-corrected chi connectivity index (χ4v) is 3.27. The van der Waals surface area contributed by atoms with Gasteiger partial charge in [0.05, 0.1) is 7.11 Å². The maximum Gasteiger partial charge on any atom is 0.349 e. The van der Waals surface area contributed by atoms with Gasteiger partial charge in [-0.15, -0.1) is 0 Å². The Bertz CT molecular complexity index is 1210. The highest BCUT2D eigenvalue weighted by atomic mass is 16.6. The van der Waals surface area contributed by atoms with Crippen molar-refractivity contribution < 1.29 is 19.0 Å². The van der Waals surface area contributed by atoms with Crippen molar-refractivity contribution in [2.45, 2.75) is 0 Å². The Kier molecular flexibility index (Phi) is 6.29. The molecule has 0 saturated heterocycles. The van der Waals surface area contributed by atoms with Crippen molar-refractivity contribution in [3.63, 3.8) is 0 Å². The summed E-state index contributed by atoms with van der Waals surface area (Å²) >= 11 is 0. The number of esters is 1. The van der Waals surface area contributed by atoms with Crippen LogP contribution in [0.1, 0.15) is 11.1 Å². The van der Waals surface area contributed by atoms with Crippen LogP contribution in [0.25, 0.3) is 22.9 Å². The summed E-state index contributed by atoms with van der Waals surface area (Å²) in [5.41, 5.74) is 2.07. The first kappa shape index (κ1) is 20.2. The third-order valence-electron chi connectivity index (χ3n) is 4.79. The van der Waals surface area contributed by atoms with Crippen molar-refractivity contribution in [1.29, 1.82) is 0 Å². The molecule has 0 spiro atoms. The summed E-state index contributed by atoms with van der Waals surface area (Å²) in [4.78, 5) is 12.2. The minimum atomic E-state index is -0.499. The highest BCUT2D eigenvalue weighted by molar-refractivity contribution is 5.92. The van der Waals surface area contributed by atoms with Gasteiger partial charge in [-0.05, 0) is 46.2 Å². The van der Waals surface area contributed by atoms with Crippen LogP contribution in [-0.2, 0) is 4.79 Å². The molecule has 4 rings (SSSR count). The summed E-state index contributed by atoms with van der Waals surface area (Å²) in [5, 5.41) is 2.39. The zero-order valence-electron chi connectivity index (χ0n) is 17.2. The summed E-state index contributed by atoms with van der Waals surface area (Å²) in [6.07, 6.45) is 4.07. The minimum Gasteiger partial charge on any atom is -0.493 e. The quantitative estimate of drug-likeness (QED) is 0.213. The molecule has 4 nitrogen and oxygen atoms in total. The molecule has 0 unspecified atom stereocenters. The van der Waals surface area contributed by atoms with E-state index in [1.165, 1.54) is 10.8 Å². The Labute approximate surface area is 181 Å². The topological polar surface area (TPSA) is 44.8 Å². The second-order valence-electron chi connectivity index (χ2n) is 6.89. The highest BCUT2D eigenvalue weighted by Gasteiger charge is 2.11. The van der Waals surface area contributed by atoms with E-state index in [-0.39, 0.29) is 6.61 Å². The number of methoxy groups -OCH3 is 1. The van der Waals surface area contributed by atoms with Gasteiger partial charge in [0.1, 0.15) is 5.75 Å². The van der Waals surface area contributed by atoms with Gasteiger partial charge in [0.15, 0.2) is 18.1 Å². The summed E-state index contributed by atoms with van der Waals surface area (Å²) in [6, 6.07) is 29.1. The number of carbonyl (C=O) groups is 1. The first-order valence-corrected chi connectivity index (χ1v) is 9.95. The number of hydrogen-bond acceptors (Lipinski definition) is 4.